The maximum absolute atomic E-state index is 6.04. The van der Waals surface area contributed by atoms with Crippen molar-refractivity contribution in [3.8, 4) is 22.9 Å². The molecule has 0 aliphatic rings. The van der Waals surface area contributed by atoms with Gasteiger partial charge >= 0.3 is 0 Å². The lowest BCUT2D eigenvalue weighted by atomic mass is 10.1. The summed E-state index contributed by atoms with van der Waals surface area (Å²) < 4.78 is 14.1. The van der Waals surface area contributed by atoms with Crippen LogP contribution in [-0.2, 0) is 13.2 Å². The van der Waals surface area contributed by atoms with E-state index in [1.165, 1.54) is 5.56 Å². The van der Waals surface area contributed by atoms with Crippen LogP contribution in [0.4, 0.5) is 0 Å². The van der Waals surface area contributed by atoms with Crippen molar-refractivity contribution in [3.63, 3.8) is 0 Å². The van der Waals surface area contributed by atoms with Gasteiger partial charge in [0.15, 0.2) is 17.3 Å². The fraction of sp³-hybridized carbons (Fsp3) is 0.208. The van der Waals surface area contributed by atoms with E-state index in [-0.39, 0.29) is 0 Å². The molecule has 7 nitrogen and oxygen atoms in total. The lowest BCUT2D eigenvalue weighted by molar-refractivity contribution is 0.269. The smallest absolute Gasteiger partial charge is 0.214 e. The number of pyridine rings is 1. The van der Waals surface area contributed by atoms with E-state index in [9.17, 15) is 0 Å². The maximum atomic E-state index is 6.04. The first-order valence-electron chi connectivity index (χ1n) is 10.4. The SMILES string of the molecule is CCOc1cc(CNn2c(-c3ccncc3)n[nH]c2=S)ccc1OCc1cccc(C)c1. The highest BCUT2D eigenvalue weighted by atomic mass is 32.1. The first kappa shape index (κ1) is 21.6. The number of rotatable bonds is 9. The molecule has 2 heterocycles. The number of hydrogen-bond acceptors (Lipinski definition) is 6. The van der Waals surface area contributed by atoms with Crippen molar-refractivity contribution in [2.75, 3.05) is 12.0 Å². The molecular formula is C24H25N5O2S. The Hall–Kier alpha value is -3.65. The summed E-state index contributed by atoms with van der Waals surface area (Å²) in [7, 11) is 0. The van der Waals surface area contributed by atoms with E-state index in [1.807, 2.05) is 43.3 Å². The molecule has 0 saturated carbocycles. The Kier molecular flexibility index (Phi) is 6.81. The van der Waals surface area contributed by atoms with Gasteiger partial charge in [0.2, 0.25) is 4.77 Å². The van der Waals surface area contributed by atoms with Gasteiger partial charge in [-0.3, -0.25) is 4.98 Å². The number of ether oxygens (including phenoxy) is 2. The summed E-state index contributed by atoms with van der Waals surface area (Å²) >= 11 is 5.39. The van der Waals surface area contributed by atoms with Crippen LogP contribution in [0.1, 0.15) is 23.6 Å². The monoisotopic (exact) mass is 447 g/mol. The lowest BCUT2D eigenvalue weighted by Crippen LogP contribution is -2.16. The second-order valence-electron chi connectivity index (χ2n) is 7.25. The van der Waals surface area contributed by atoms with Gasteiger partial charge in [-0.25, -0.2) is 9.77 Å². The Morgan fingerprint density at radius 1 is 1.00 bits per heavy atom. The van der Waals surface area contributed by atoms with Crippen LogP contribution < -0.4 is 14.9 Å². The molecule has 0 bridgehead atoms. The van der Waals surface area contributed by atoms with Crippen LogP contribution in [0.15, 0.2) is 67.0 Å². The predicted molar refractivity (Wildman–Crippen MR) is 127 cm³/mol. The zero-order chi connectivity index (χ0) is 22.3. The van der Waals surface area contributed by atoms with Gasteiger partial charge in [-0.2, -0.15) is 5.10 Å². The summed E-state index contributed by atoms with van der Waals surface area (Å²) in [4.78, 5) is 4.06. The summed E-state index contributed by atoms with van der Waals surface area (Å²) in [5, 5.41) is 7.17. The molecule has 32 heavy (non-hydrogen) atoms. The Bertz CT molecular complexity index is 1240. The van der Waals surface area contributed by atoms with Crippen molar-refractivity contribution in [1.82, 2.24) is 19.9 Å². The molecular weight excluding hydrogens is 422 g/mol. The Morgan fingerprint density at radius 2 is 1.84 bits per heavy atom. The second kappa shape index (κ2) is 10.1. The molecule has 0 aliphatic heterocycles. The van der Waals surface area contributed by atoms with Gasteiger partial charge in [0, 0.05) is 18.0 Å². The standard InChI is InChI=1S/C24H25N5O2S/c1-3-30-22-14-18(7-8-21(22)31-16-19-6-4-5-17(2)13-19)15-26-29-23(27-28-24(29)32)20-9-11-25-12-10-20/h4-14,26H,3,15-16H2,1-2H3,(H,28,32). The lowest BCUT2D eigenvalue weighted by Gasteiger charge is -2.15. The van der Waals surface area contributed by atoms with E-state index in [4.69, 9.17) is 21.7 Å². The van der Waals surface area contributed by atoms with Crippen LogP contribution in [0.3, 0.4) is 0 Å². The van der Waals surface area contributed by atoms with E-state index in [2.05, 4.69) is 45.7 Å². The minimum absolute atomic E-state index is 0.485. The third-order valence-electron chi connectivity index (χ3n) is 4.84. The number of hydrogen-bond donors (Lipinski definition) is 2. The average molecular weight is 448 g/mol. The summed E-state index contributed by atoms with van der Waals surface area (Å²) in [6.07, 6.45) is 3.45. The highest BCUT2D eigenvalue weighted by Crippen LogP contribution is 2.29. The van der Waals surface area contributed by atoms with Crippen LogP contribution in [0.5, 0.6) is 11.5 Å². The van der Waals surface area contributed by atoms with Crippen molar-refractivity contribution < 1.29 is 9.47 Å². The van der Waals surface area contributed by atoms with E-state index < -0.39 is 0 Å². The molecule has 8 heteroatoms. The number of aromatic amines is 1. The summed E-state index contributed by atoms with van der Waals surface area (Å²) in [6, 6.07) is 18.0. The maximum Gasteiger partial charge on any atom is 0.214 e. The number of H-pyrrole nitrogens is 1. The molecule has 164 valence electrons. The molecule has 4 rings (SSSR count). The van der Waals surface area contributed by atoms with Crippen molar-refractivity contribution >= 4 is 12.2 Å². The minimum Gasteiger partial charge on any atom is -0.490 e. The van der Waals surface area contributed by atoms with Crippen LogP contribution in [0, 0.1) is 11.7 Å². The number of nitrogens with zero attached hydrogens (tertiary/aromatic N) is 3. The Labute approximate surface area is 192 Å². The van der Waals surface area contributed by atoms with Crippen molar-refractivity contribution in [1.29, 1.82) is 0 Å². The summed E-state index contributed by atoms with van der Waals surface area (Å²) in [5.41, 5.74) is 7.60. The van der Waals surface area contributed by atoms with Gasteiger partial charge in [-0.1, -0.05) is 35.9 Å². The van der Waals surface area contributed by atoms with Gasteiger partial charge in [-0.05, 0) is 61.5 Å². The molecule has 0 atom stereocenters. The number of aryl methyl sites for hydroxylation is 1. The summed E-state index contributed by atoms with van der Waals surface area (Å²) in [6.45, 7) is 5.60. The number of benzene rings is 2. The van der Waals surface area contributed by atoms with Crippen LogP contribution in [0.2, 0.25) is 0 Å². The Balaban J connectivity index is 1.49. The first-order chi connectivity index (χ1) is 15.6. The van der Waals surface area contributed by atoms with Gasteiger partial charge < -0.3 is 14.9 Å². The fourth-order valence-electron chi connectivity index (χ4n) is 3.32. The van der Waals surface area contributed by atoms with E-state index in [0.29, 0.717) is 36.1 Å². The third kappa shape index (κ3) is 5.15. The molecule has 0 amide bonds. The van der Waals surface area contributed by atoms with Gasteiger partial charge in [0.25, 0.3) is 0 Å². The largest absolute Gasteiger partial charge is 0.490 e. The van der Waals surface area contributed by atoms with Crippen LogP contribution >= 0.6 is 12.2 Å². The van der Waals surface area contributed by atoms with E-state index in [1.54, 1.807) is 17.1 Å². The highest BCUT2D eigenvalue weighted by Gasteiger charge is 2.11. The normalized spacial score (nSPS) is 10.7. The highest BCUT2D eigenvalue weighted by molar-refractivity contribution is 7.71. The molecule has 0 fully saturated rings. The molecule has 4 aromatic rings. The predicted octanol–water partition coefficient (Wildman–Crippen LogP) is 5.03. The van der Waals surface area contributed by atoms with Crippen molar-refractivity contribution in [2.24, 2.45) is 0 Å². The quantitative estimate of drug-likeness (QED) is 0.350. The van der Waals surface area contributed by atoms with Crippen molar-refractivity contribution in [3.05, 3.63) is 88.5 Å². The molecule has 0 spiro atoms. The fourth-order valence-corrected chi connectivity index (χ4v) is 3.52. The van der Waals surface area contributed by atoms with Gasteiger partial charge in [-0.15, -0.1) is 0 Å². The zero-order valence-electron chi connectivity index (χ0n) is 18.0. The van der Waals surface area contributed by atoms with Gasteiger partial charge in [0.1, 0.15) is 6.61 Å². The van der Waals surface area contributed by atoms with Crippen LogP contribution in [-0.4, -0.2) is 26.5 Å². The summed E-state index contributed by atoms with van der Waals surface area (Å²) in [5.74, 6) is 2.12. The molecule has 0 unspecified atom stereocenters. The molecule has 0 aliphatic carbocycles. The topological polar surface area (TPSA) is 77.0 Å². The minimum atomic E-state index is 0.485. The first-order valence-corrected chi connectivity index (χ1v) is 10.8. The van der Waals surface area contributed by atoms with E-state index >= 15 is 0 Å². The zero-order valence-corrected chi connectivity index (χ0v) is 18.9. The van der Waals surface area contributed by atoms with Crippen molar-refractivity contribution in [2.45, 2.75) is 27.0 Å². The number of nitrogens with one attached hydrogen (secondary N) is 2. The second-order valence-corrected chi connectivity index (χ2v) is 7.64. The number of aromatic nitrogens is 4. The molecule has 0 saturated heterocycles. The Morgan fingerprint density at radius 3 is 2.62 bits per heavy atom. The average Bonchev–Trinajstić information content (AvgIpc) is 3.18. The van der Waals surface area contributed by atoms with Crippen LogP contribution in [0.25, 0.3) is 11.4 Å². The molecule has 0 radical (unpaired) electrons. The molecule has 2 aromatic heterocycles. The molecule has 2 aromatic carbocycles. The molecule has 2 N–H and O–H groups in total. The van der Waals surface area contributed by atoms with Gasteiger partial charge in [0.05, 0.1) is 13.2 Å². The van der Waals surface area contributed by atoms with E-state index in [0.717, 1.165) is 22.4 Å². The third-order valence-corrected chi connectivity index (χ3v) is 5.11.